The van der Waals surface area contributed by atoms with E-state index in [0.29, 0.717) is 38.5 Å². The van der Waals surface area contributed by atoms with E-state index in [1.165, 1.54) is 4.57 Å². The van der Waals surface area contributed by atoms with Gasteiger partial charge in [0.2, 0.25) is 0 Å². The van der Waals surface area contributed by atoms with Crippen molar-refractivity contribution in [1.29, 1.82) is 0 Å². The summed E-state index contributed by atoms with van der Waals surface area (Å²) in [7, 11) is 3.12. The maximum absolute atomic E-state index is 13.3. The summed E-state index contributed by atoms with van der Waals surface area (Å²) in [5, 5.41) is 0.121. The molecule has 2 aromatic rings. The van der Waals surface area contributed by atoms with Crippen LogP contribution in [0.1, 0.15) is 42.7 Å². The largest absolute Gasteiger partial charge is 0.383 e. The molecule has 0 atom stereocenters. The molecule has 0 fully saturated rings. The number of pyridine rings is 1. The van der Waals surface area contributed by atoms with E-state index in [-0.39, 0.29) is 28.4 Å². The Morgan fingerprint density at radius 2 is 1.82 bits per heavy atom. The van der Waals surface area contributed by atoms with Crippen LogP contribution in [0.25, 0.3) is 11.0 Å². The van der Waals surface area contributed by atoms with Crippen LogP contribution in [-0.2, 0) is 16.0 Å². The van der Waals surface area contributed by atoms with E-state index >= 15 is 0 Å². The molecule has 2 aromatic heterocycles. The number of methoxy groups -OCH3 is 2. The Morgan fingerprint density at radius 1 is 1.21 bits per heavy atom. The molecule has 0 aliphatic heterocycles. The topological polar surface area (TPSA) is 107 Å². The van der Waals surface area contributed by atoms with Crippen LogP contribution in [0.5, 0.6) is 0 Å². The predicted molar refractivity (Wildman–Crippen MR) is 106 cm³/mol. The van der Waals surface area contributed by atoms with E-state index in [9.17, 15) is 14.4 Å². The van der Waals surface area contributed by atoms with Gasteiger partial charge in [0, 0.05) is 39.5 Å². The molecule has 9 heteroatoms. The van der Waals surface area contributed by atoms with Gasteiger partial charge in [0.15, 0.2) is 5.65 Å². The third-order valence-electron chi connectivity index (χ3n) is 4.52. The lowest BCUT2D eigenvalue weighted by atomic mass is 10.0. The number of H-pyrrole nitrogens is 1. The van der Waals surface area contributed by atoms with Gasteiger partial charge in [-0.2, -0.15) is 0 Å². The van der Waals surface area contributed by atoms with Gasteiger partial charge in [0.1, 0.15) is 0 Å². The van der Waals surface area contributed by atoms with E-state index in [2.05, 4.69) is 9.97 Å². The molecule has 0 aliphatic carbocycles. The van der Waals surface area contributed by atoms with Crippen molar-refractivity contribution in [3.8, 4) is 0 Å². The zero-order valence-corrected chi connectivity index (χ0v) is 17.1. The average molecular weight is 392 g/mol. The summed E-state index contributed by atoms with van der Waals surface area (Å²) in [5.74, 6) is -0.308. The highest BCUT2D eigenvalue weighted by Gasteiger charge is 2.23. The molecule has 0 saturated heterocycles. The van der Waals surface area contributed by atoms with E-state index in [1.54, 1.807) is 32.1 Å². The molecular weight excluding hydrogens is 364 g/mol. The van der Waals surface area contributed by atoms with Gasteiger partial charge in [-0.05, 0) is 18.9 Å². The predicted octanol–water partition coefficient (Wildman–Crippen LogP) is 0.963. The van der Waals surface area contributed by atoms with Crippen molar-refractivity contribution >= 4 is 16.9 Å². The second kappa shape index (κ2) is 9.61. The Labute approximate surface area is 163 Å². The number of ether oxygens (including phenoxy) is 2. The second-order valence-corrected chi connectivity index (χ2v) is 6.73. The molecule has 0 bridgehead atoms. The van der Waals surface area contributed by atoms with Gasteiger partial charge in [-0.1, -0.05) is 13.8 Å². The Hall–Kier alpha value is -2.52. The number of aromatic amines is 1. The van der Waals surface area contributed by atoms with Crippen LogP contribution in [0.4, 0.5) is 0 Å². The van der Waals surface area contributed by atoms with Gasteiger partial charge in [-0.15, -0.1) is 0 Å². The number of carbonyl (C=O) groups is 1. The molecule has 1 N–H and O–H groups in total. The number of aryl methyl sites for hydroxylation is 1. The Bertz CT molecular complexity index is 940. The van der Waals surface area contributed by atoms with Gasteiger partial charge < -0.3 is 14.4 Å². The summed E-state index contributed by atoms with van der Waals surface area (Å²) in [5.41, 5.74) is -0.0632. The molecule has 154 valence electrons. The van der Waals surface area contributed by atoms with Crippen molar-refractivity contribution in [2.24, 2.45) is 0 Å². The normalized spacial score (nSPS) is 11.4. The quantitative estimate of drug-likeness (QED) is 0.681. The summed E-state index contributed by atoms with van der Waals surface area (Å²) < 4.78 is 11.6. The lowest BCUT2D eigenvalue weighted by molar-refractivity contribution is 0.0629. The first kappa shape index (κ1) is 21.8. The highest BCUT2D eigenvalue weighted by atomic mass is 16.5. The number of hydrogen-bond acceptors (Lipinski definition) is 6. The number of nitrogens with one attached hydrogen (secondary N) is 1. The lowest BCUT2D eigenvalue weighted by Gasteiger charge is -2.23. The second-order valence-electron chi connectivity index (χ2n) is 6.73. The Morgan fingerprint density at radius 3 is 2.32 bits per heavy atom. The minimum atomic E-state index is -0.616. The van der Waals surface area contributed by atoms with Crippen molar-refractivity contribution in [3.05, 3.63) is 38.2 Å². The number of carbonyl (C=O) groups excluding carboxylic acids is 1. The summed E-state index contributed by atoms with van der Waals surface area (Å²) in [4.78, 5) is 46.5. The van der Waals surface area contributed by atoms with Crippen molar-refractivity contribution < 1.29 is 14.3 Å². The Balaban J connectivity index is 2.74. The number of fused-ring (bicyclic) bond motifs is 1. The average Bonchev–Trinajstić information content (AvgIpc) is 2.66. The lowest BCUT2D eigenvalue weighted by Crippen LogP contribution is -2.38. The Kier molecular flexibility index (Phi) is 7.47. The van der Waals surface area contributed by atoms with Crippen LogP contribution in [0.15, 0.2) is 15.7 Å². The number of rotatable bonds is 9. The van der Waals surface area contributed by atoms with Crippen molar-refractivity contribution in [2.75, 3.05) is 40.5 Å². The van der Waals surface area contributed by atoms with Gasteiger partial charge in [0.05, 0.1) is 24.2 Å². The highest BCUT2D eigenvalue weighted by molar-refractivity contribution is 6.05. The fourth-order valence-corrected chi connectivity index (χ4v) is 2.94. The highest BCUT2D eigenvalue weighted by Crippen LogP contribution is 2.21. The summed E-state index contributed by atoms with van der Waals surface area (Å²) in [6.07, 6.45) is 0. The fourth-order valence-electron chi connectivity index (χ4n) is 2.94. The maximum Gasteiger partial charge on any atom is 0.329 e. The molecule has 28 heavy (non-hydrogen) atoms. The van der Waals surface area contributed by atoms with Crippen molar-refractivity contribution in [3.63, 3.8) is 0 Å². The molecule has 0 aromatic carbocycles. The smallest absolute Gasteiger partial charge is 0.329 e. The molecule has 0 unspecified atom stereocenters. The molecule has 2 heterocycles. The van der Waals surface area contributed by atoms with Crippen LogP contribution in [0.2, 0.25) is 0 Å². The summed E-state index contributed by atoms with van der Waals surface area (Å²) in [6, 6.07) is 1.64. The number of aromatic nitrogens is 3. The molecule has 1 amide bonds. The number of amides is 1. The van der Waals surface area contributed by atoms with Crippen LogP contribution >= 0.6 is 0 Å². The van der Waals surface area contributed by atoms with Crippen molar-refractivity contribution in [1.82, 2.24) is 19.4 Å². The van der Waals surface area contributed by atoms with Gasteiger partial charge >= 0.3 is 5.69 Å². The minimum absolute atomic E-state index is 0.0158. The summed E-state index contributed by atoms with van der Waals surface area (Å²) >= 11 is 0. The standard InChI is InChI=1S/C19H28N4O5/c1-6-23-16-15(17(24)21-19(23)26)13(11-14(20-16)12(2)3)18(25)22(7-9-27-4)8-10-28-5/h11-12H,6-10H2,1-5H3,(H,21,24,26). The molecule has 9 nitrogen and oxygen atoms in total. The van der Waals surface area contributed by atoms with Crippen LogP contribution in [0.3, 0.4) is 0 Å². The number of nitrogens with zero attached hydrogens (tertiary/aromatic N) is 3. The molecule has 0 aliphatic rings. The van der Waals surface area contributed by atoms with Crippen LogP contribution in [-0.4, -0.2) is 65.9 Å². The SMILES string of the molecule is CCn1c(=O)[nH]c(=O)c2c(C(=O)N(CCOC)CCOC)cc(C(C)C)nc21. The van der Waals surface area contributed by atoms with E-state index in [4.69, 9.17) is 9.47 Å². The van der Waals surface area contributed by atoms with Crippen molar-refractivity contribution in [2.45, 2.75) is 33.2 Å². The van der Waals surface area contributed by atoms with Gasteiger partial charge in [0.25, 0.3) is 11.5 Å². The fraction of sp³-hybridized carbons (Fsp3) is 0.579. The van der Waals surface area contributed by atoms with E-state index in [0.717, 1.165) is 0 Å². The first-order valence-electron chi connectivity index (χ1n) is 9.30. The van der Waals surface area contributed by atoms with Gasteiger partial charge in [-0.3, -0.25) is 19.1 Å². The third-order valence-corrected chi connectivity index (χ3v) is 4.52. The third kappa shape index (κ3) is 4.48. The monoisotopic (exact) mass is 392 g/mol. The van der Waals surface area contributed by atoms with E-state index in [1.807, 2.05) is 13.8 Å². The minimum Gasteiger partial charge on any atom is -0.383 e. The summed E-state index contributed by atoms with van der Waals surface area (Å²) in [6.45, 7) is 7.40. The van der Waals surface area contributed by atoms with E-state index < -0.39 is 11.2 Å². The zero-order chi connectivity index (χ0) is 20.8. The van der Waals surface area contributed by atoms with Crippen LogP contribution in [0, 0.1) is 0 Å². The first-order valence-corrected chi connectivity index (χ1v) is 9.30. The molecule has 2 rings (SSSR count). The molecule has 0 saturated carbocycles. The van der Waals surface area contributed by atoms with Crippen LogP contribution < -0.4 is 11.2 Å². The first-order chi connectivity index (χ1) is 13.3. The molecular formula is C19H28N4O5. The molecule has 0 radical (unpaired) electrons. The van der Waals surface area contributed by atoms with Gasteiger partial charge in [-0.25, -0.2) is 9.78 Å². The zero-order valence-electron chi connectivity index (χ0n) is 17.1. The molecule has 0 spiro atoms. The maximum atomic E-state index is 13.3. The number of hydrogen-bond donors (Lipinski definition) is 1.